The molecule has 5 heteroatoms. The number of nitrogens with zero attached hydrogens (tertiary/aromatic N) is 1. The second-order valence-corrected chi connectivity index (χ2v) is 5.03. The summed E-state index contributed by atoms with van der Waals surface area (Å²) in [6.45, 7) is 1.97. The van der Waals surface area contributed by atoms with E-state index in [0.29, 0.717) is 0 Å². The quantitative estimate of drug-likeness (QED) is 0.890. The molecule has 0 saturated carbocycles. The standard InChI is InChI=1S/C13H17N3OS/c1-8(14)12-11(16-13(15-2)18-12)9-4-6-10(17-3)7-5-9/h4-8H,14H2,1-3H3,(H,15,16). The molecule has 1 atom stereocenters. The van der Waals surface area contributed by atoms with Gasteiger partial charge in [0.2, 0.25) is 0 Å². The Kier molecular flexibility index (Phi) is 3.84. The van der Waals surface area contributed by atoms with Crippen LogP contribution in [0.4, 0.5) is 5.13 Å². The third kappa shape index (κ3) is 2.47. The minimum absolute atomic E-state index is 0.0262. The topological polar surface area (TPSA) is 60.2 Å². The van der Waals surface area contributed by atoms with Gasteiger partial charge < -0.3 is 15.8 Å². The molecular weight excluding hydrogens is 246 g/mol. The first-order valence-corrected chi connectivity index (χ1v) is 6.56. The molecule has 1 unspecified atom stereocenters. The lowest BCUT2D eigenvalue weighted by Crippen LogP contribution is -2.04. The van der Waals surface area contributed by atoms with E-state index in [1.807, 2.05) is 38.2 Å². The van der Waals surface area contributed by atoms with Gasteiger partial charge in [0.05, 0.1) is 17.7 Å². The predicted molar refractivity (Wildman–Crippen MR) is 76.3 cm³/mol. The fourth-order valence-electron chi connectivity index (χ4n) is 1.70. The molecule has 1 aromatic heterocycles. The number of ether oxygens (including phenoxy) is 1. The van der Waals surface area contributed by atoms with E-state index in [1.165, 1.54) is 0 Å². The molecule has 0 aliphatic carbocycles. The first kappa shape index (κ1) is 12.9. The van der Waals surface area contributed by atoms with Gasteiger partial charge >= 0.3 is 0 Å². The molecule has 3 N–H and O–H groups in total. The number of nitrogens with one attached hydrogen (secondary N) is 1. The van der Waals surface area contributed by atoms with Crippen LogP contribution in [0.3, 0.4) is 0 Å². The zero-order chi connectivity index (χ0) is 13.1. The molecule has 0 amide bonds. The Morgan fingerprint density at radius 2 is 2.00 bits per heavy atom. The molecular formula is C13H17N3OS. The molecule has 2 rings (SSSR count). The van der Waals surface area contributed by atoms with Crippen molar-refractivity contribution in [2.24, 2.45) is 5.73 Å². The lowest BCUT2D eigenvalue weighted by atomic mass is 10.1. The third-order valence-electron chi connectivity index (χ3n) is 2.64. The van der Waals surface area contributed by atoms with Crippen molar-refractivity contribution in [3.63, 3.8) is 0 Å². The number of hydrogen-bond donors (Lipinski definition) is 2. The molecule has 2 aromatic rings. The minimum atomic E-state index is -0.0262. The fraction of sp³-hybridized carbons (Fsp3) is 0.308. The van der Waals surface area contributed by atoms with Gasteiger partial charge in [-0.15, -0.1) is 0 Å². The summed E-state index contributed by atoms with van der Waals surface area (Å²) in [5, 5.41) is 3.94. The Hall–Kier alpha value is -1.59. The molecule has 0 saturated heterocycles. The third-order valence-corrected chi connectivity index (χ3v) is 3.92. The van der Waals surface area contributed by atoms with E-state index in [1.54, 1.807) is 18.4 Å². The van der Waals surface area contributed by atoms with Gasteiger partial charge in [0.25, 0.3) is 0 Å². The molecule has 0 bridgehead atoms. The average Bonchev–Trinajstić information content (AvgIpc) is 2.83. The fourth-order valence-corrected chi connectivity index (χ4v) is 2.60. The number of methoxy groups -OCH3 is 1. The van der Waals surface area contributed by atoms with Crippen LogP contribution >= 0.6 is 11.3 Å². The number of thiazole rings is 1. The maximum atomic E-state index is 5.99. The summed E-state index contributed by atoms with van der Waals surface area (Å²) in [4.78, 5) is 5.65. The summed E-state index contributed by atoms with van der Waals surface area (Å²) < 4.78 is 5.15. The van der Waals surface area contributed by atoms with Crippen molar-refractivity contribution in [1.29, 1.82) is 0 Å². The van der Waals surface area contributed by atoms with Crippen LogP contribution in [0, 0.1) is 0 Å². The Bertz CT molecular complexity index is 520. The summed E-state index contributed by atoms with van der Waals surface area (Å²) in [7, 11) is 3.52. The molecule has 4 nitrogen and oxygen atoms in total. The van der Waals surface area contributed by atoms with E-state index in [2.05, 4.69) is 10.3 Å². The van der Waals surface area contributed by atoms with Crippen LogP contribution in [0.1, 0.15) is 17.8 Å². The van der Waals surface area contributed by atoms with Gasteiger partial charge in [-0.2, -0.15) is 0 Å². The van der Waals surface area contributed by atoms with Gasteiger partial charge in [0.1, 0.15) is 5.75 Å². The Morgan fingerprint density at radius 1 is 1.33 bits per heavy atom. The zero-order valence-electron chi connectivity index (χ0n) is 10.7. The normalized spacial score (nSPS) is 12.2. The van der Waals surface area contributed by atoms with Crippen molar-refractivity contribution < 1.29 is 4.74 Å². The second-order valence-electron chi connectivity index (χ2n) is 4.00. The molecule has 0 spiro atoms. The minimum Gasteiger partial charge on any atom is -0.497 e. The smallest absolute Gasteiger partial charge is 0.183 e. The molecule has 18 heavy (non-hydrogen) atoms. The van der Waals surface area contributed by atoms with Crippen molar-refractivity contribution in [1.82, 2.24) is 4.98 Å². The van der Waals surface area contributed by atoms with Crippen LogP contribution in [0.25, 0.3) is 11.3 Å². The highest BCUT2D eigenvalue weighted by Gasteiger charge is 2.15. The Balaban J connectivity index is 2.44. The highest BCUT2D eigenvalue weighted by atomic mass is 32.1. The van der Waals surface area contributed by atoms with Crippen LogP contribution in [-0.4, -0.2) is 19.1 Å². The van der Waals surface area contributed by atoms with Gasteiger partial charge in [-0.25, -0.2) is 4.98 Å². The predicted octanol–water partition coefficient (Wildman–Crippen LogP) is 2.88. The molecule has 1 aromatic carbocycles. The van der Waals surface area contributed by atoms with Crippen molar-refractivity contribution in [3.05, 3.63) is 29.1 Å². The summed E-state index contributed by atoms with van der Waals surface area (Å²) in [5.41, 5.74) is 8.00. The summed E-state index contributed by atoms with van der Waals surface area (Å²) in [6, 6.07) is 7.83. The number of rotatable bonds is 4. The molecule has 96 valence electrons. The largest absolute Gasteiger partial charge is 0.497 e. The number of hydrogen-bond acceptors (Lipinski definition) is 5. The molecule has 0 fully saturated rings. The van der Waals surface area contributed by atoms with Crippen LogP contribution in [-0.2, 0) is 0 Å². The van der Waals surface area contributed by atoms with E-state index in [4.69, 9.17) is 10.5 Å². The van der Waals surface area contributed by atoms with Crippen molar-refractivity contribution in [3.8, 4) is 17.0 Å². The number of aromatic nitrogens is 1. The van der Waals surface area contributed by atoms with Gasteiger partial charge in [-0.1, -0.05) is 11.3 Å². The van der Waals surface area contributed by atoms with Gasteiger partial charge in [0.15, 0.2) is 5.13 Å². The van der Waals surface area contributed by atoms with Crippen molar-refractivity contribution >= 4 is 16.5 Å². The summed E-state index contributed by atoms with van der Waals surface area (Å²) >= 11 is 1.59. The van der Waals surface area contributed by atoms with Gasteiger partial charge in [-0.05, 0) is 31.2 Å². The first-order chi connectivity index (χ1) is 8.65. The molecule has 0 radical (unpaired) electrons. The van der Waals surface area contributed by atoms with Crippen LogP contribution in [0.15, 0.2) is 24.3 Å². The lowest BCUT2D eigenvalue weighted by Gasteiger charge is -2.06. The molecule has 1 heterocycles. The van der Waals surface area contributed by atoms with E-state index in [-0.39, 0.29) is 6.04 Å². The first-order valence-electron chi connectivity index (χ1n) is 5.74. The van der Waals surface area contributed by atoms with Crippen LogP contribution < -0.4 is 15.8 Å². The van der Waals surface area contributed by atoms with E-state index in [0.717, 1.165) is 27.0 Å². The lowest BCUT2D eigenvalue weighted by molar-refractivity contribution is 0.415. The van der Waals surface area contributed by atoms with Gasteiger partial charge in [-0.3, -0.25) is 0 Å². The van der Waals surface area contributed by atoms with E-state index < -0.39 is 0 Å². The SMILES string of the molecule is CNc1nc(-c2ccc(OC)cc2)c(C(C)N)s1. The second kappa shape index (κ2) is 5.37. The van der Waals surface area contributed by atoms with Crippen LogP contribution in [0.5, 0.6) is 5.75 Å². The van der Waals surface area contributed by atoms with Crippen molar-refractivity contribution in [2.75, 3.05) is 19.5 Å². The number of anilines is 1. The van der Waals surface area contributed by atoms with E-state index >= 15 is 0 Å². The van der Waals surface area contributed by atoms with Crippen molar-refractivity contribution in [2.45, 2.75) is 13.0 Å². The van der Waals surface area contributed by atoms with E-state index in [9.17, 15) is 0 Å². The highest BCUT2D eigenvalue weighted by molar-refractivity contribution is 7.16. The zero-order valence-corrected chi connectivity index (χ0v) is 11.5. The number of benzene rings is 1. The highest BCUT2D eigenvalue weighted by Crippen LogP contribution is 2.34. The molecule has 0 aliphatic rings. The average molecular weight is 263 g/mol. The summed E-state index contributed by atoms with van der Waals surface area (Å²) in [5.74, 6) is 0.838. The summed E-state index contributed by atoms with van der Waals surface area (Å²) in [6.07, 6.45) is 0. The molecule has 0 aliphatic heterocycles. The Morgan fingerprint density at radius 3 is 2.50 bits per heavy atom. The van der Waals surface area contributed by atoms with Gasteiger partial charge in [0, 0.05) is 18.7 Å². The Labute approximate surface area is 111 Å². The monoisotopic (exact) mass is 263 g/mol. The number of nitrogens with two attached hydrogens (primary N) is 1. The van der Waals surface area contributed by atoms with Crippen LogP contribution in [0.2, 0.25) is 0 Å². The maximum absolute atomic E-state index is 5.99. The maximum Gasteiger partial charge on any atom is 0.183 e.